The molecule has 1 aromatic rings. The zero-order valence-electron chi connectivity index (χ0n) is 12.2. The second-order valence-electron chi connectivity index (χ2n) is 5.24. The Morgan fingerprint density at radius 2 is 2.14 bits per heavy atom. The van der Waals surface area contributed by atoms with Crippen LogP contribution in [0.15, 0.2) is 24.3 Å². The lowest BCUT2D eigenvalue weighted by Gasteiger charge is -2.38. The van der Waals surface area contributed by atoms with Gasteiger partial charge in [-0.15, -0.1) is 12.4 Å². The SMILES string of the molecule is Cl.O=C(C1CNCCO1)N1CCSCC1c1ccc(Cl)cc1. The van der Waals surface area contributed by atoms with Crippen molar-refractivity contribution in [3.8, 4) is 0 Å². The monoisotopic (exact) mass is 362 g/mol. The molecule has 4 nitrogen and oxygen atoms in total. The Morgan fingerprint density at radius 3 is 2.82 bits per heavy atom. The van der Waals surface area contributed by atoms with Crippen molar-refractivity contribution in [1.29, 1.82) is 0 Å². The van der Waals surface area contributed by atoms with E-state index in [0.717, 1.165) is 35.2 Å². The highest BCUT2D eigenvalue weighted by Gasteiger charge is 2.33. The van der Waals surface area contributed by atoms with E-state index in [2.05, 4.69) is 5.32 Å². The highest BCUT2D eigenvalue weighted by Crippen LogP contribution is 2.31. The summed E-state index contributed by atoms with van der Waals surface area (Å²) in [7, 11) is 0. The Kier molecular flexibility index (Phi) is 6.84. The molecule has 2 aliphatic rings. The highest BCUT2D eigenvalue weighted by atomic mass is 35.5. The fourth-order valence-electron chi connectivity index (χ4n) is 2.74. The Morgan fingerprint density at radius 1 is 1.36 bits per heavy atom. The number of halogens is 2. The van der Waals surface area contributed by atoms with Crippen molar-refractivity contribution in [2.75, 3.05) is 37.7 Å². The third-order valence-corrected chi connectivity index (χ3v) is 5.14. The lowest BCUT2D eigenvalue weighted by molar-refractivity contribution is -0.147. The van der Waals surface area contributed by atoms with Gasteiger partial charge in [-0.25, -0.2) is 0 Å². The smallest absolute Gasteiger partial charge is 0.253 e. The molecule has 0 radical (unpaired) electrons. The largest absolute Gasteiger partial charge is 0.366 e. The van der Waals surface area contributed by atoms with Crippen LogP contribution in [0.25, 0.3) is 0 Å². The van der Waals surface area contributed by atoms with Crippen LogP contribution in [0.3, 0.4) is 0 Å². The number of ether oxygens (including phenoxy) is 1. The van der Waals surface area contributed by atoms with Gasteiger partial charge >= 0.3 is 0 Å². The van der Waals surface area contributed by atoms with Crippen LogP contribution >= 0.6 is 35.8 Å². The maximum Gasteiger partial charge on any atom is 0.253 e. The lowest BCUT2D eigenvalue weighted by atomic mass is 10.1. The predicted molar refractivity (Wildman–Crippen MR) is 93.1 cm³/mol. The molecule has 0 saturated carbocycles. The number of nitrogens with zero attached hydrogens (tertiary/aromatic N) is 1. The number of nitrogens with one attached hydrogen (secondary N) is 1. The highest BCUT2D eigenvalue weighted by molar-refractivity contribution is 7.99. The maximum atomic E-state index is 12.7. The van der Waals surface area contributed by atoms with E-state index in [4.69, 9.17) is 16.3 Å². The van der Waals surface area contributed by atoms with Crippen molar-refractivity contribution in [2.24, 2.45) is 0 Å². The summed E-state index contributed by atoms with van der Waals surface area (Å²) < 4.78 is 5.61. The van der Waals surface area contributed by atoms with Crippen molar-refractivity contribution in [2.45, 2.75) is 12.1 Å². The van der Waals surface area contributed by atoms with Gasteiger partial charge in [0.1, 0.15) is 6.10 Å². The van der Waals surface area contributed by atoms with Crippen LogP contribution in [0, 0.1) is 0 Å². The first-order chi connectivity index (χ1) is 10.3. The minimum atomic E-state index is -0.350. The second kappa shape index (κ2) is 8.41. The van der Waals surface area contributed by atoms with Gasteiger partial charge in [0.2, 0.25) is 0 Å². The van der Waals surface area contributed by atoms with Crippen molar-refractivity contribution in [3.63, 3.8) is 0 Å². The summed E-state index contributed by atoms with van der Waals surface area (Å²) in [6.07, 6.45) is -0.350. The van der Waals surface area contributed by atoms with E-state index in [9.17, 15) is 4.79 Å². The molecule has 7 heteroatoms. The van der Waals surface area contributed by atoms with E-state index >= 15 is 0 Å². The molecule has 3 rings (SSSR count). The number of carbonyl (C=O) groups excluding carboxylic acids is 1. The third kappa shape index (κ3) is 4.09. The topological polar surface area (TPSA) is 41.6 Å². The molecule has 0 bridgehead atoms. The molecule has 2 aliphatic heterocycles. The molecule has 2 fully saturated rings. The maximum absolute atomic E-state index is 12.7. The van der Waals surface area contributed by atoms with E-state index in [1.54, 1.807) is 0 Å². The van der Waals surface area contributed by atoms with Gasteiger partial charge in [0.25, 0.3) is 5.91 Å². The average molecular weight is 363 g/mol. The molecule has 0 aromatic heterocycles. The van der Waals surface area contributed by atoms with Crippen molar-refractivity contribution >= 4 is 41.7 Å². The summed E-state index contributed by atoms with van der Waals surface area (Å²) in [4.78, 5) is 14.7. The van der Waals surface area contributed by atoms with E-state index in [1.807, 2.05) is 40.9 Å². The van der Waals surface area contributed by atoms with Gasteiger partial charge in [-0.05, 0) is 17.7 Å². The number of thioether (sulfide) groups is 1. The summed E-state index contributed by atoms with van der Waals surface area (Å²) in [6.45, 7) is 2.80. The van der Waals surface area contributed by atoms with Crippen LogP contribution in [0.2, 0.25) is 5.02 Å². The molecule has 122 valence electrons. The minimum absolute atomic E-state index is 0. The first-order valence-corrected chi connectivity index (χ1v) is 8.75. The van der Waals surface area contributed by atoms with Crippen molar-refractivity contribution < 1.29 is 9.53 Å². The summed E-state index contributed by atoms with van der Waals surface area (Å²) in [5.41, 5.74) is 1.14. The molecule has 22 heavy (non-hydrogen) atoms. The molecule has 0 aliphatic carbocycles. The van der Waals surface area contributed by atoms with Gasteiger partial charge < -0.3 is 15.0 Å². The van der Waals surface area contributed by atoms with E-state index in [1.165, 1.54) is 0 Å². The standard InChI is InChI=1S/C15H19ClN2O2S.ClH/c16-12-3-1-11(2-4-12)13-10-21-8-6-18(13)15(19)14-9-17-5-7-20-14;/h1-4,13-14,17H,5-10H2;1H. The molecule has 0 spiro atoms. The van der Waals surface area contributed by atoms with Crippen LogP contribution < -0.4 is 5.32 Å². The Balaban J connectivity index is 0.00000176. The lowest BCUT2D eigenvalue weighted by Crippen LogP contribution is -2.52. The number of hydrogen-bond acceptors (Lipinski definition) is 4. The van der Waals surface area contributed by atoms with Crippen LogP contribution in [0.5, 0.6) is 0 Å². The summed E-state index contributed by atoms with van der Waals surface area (Å²) in [6, 6.07) is 7.91. The number of carbonyl (C=O) groups is 1. The number of amides is 1. The van der Waals surface area contributed by atoms with E-state index in [-0.39, 0.29) is 30.5 Å². The molecular weight excluding hydrogens is 343 g/mol. The molecule has 2 saturated heterocycles. The van der Waals surface area contributed by atoms with Crippen molar-refractivity contribution in [1.82, 2.24) is 10.2 Å². The molecule has 1 N–H and O–H groups in total. The number of morpholine rings is 1. The van der Waals surface area contributed by atoms with Gasteiger partial charge in [0.05, 0.1) is 12.6 Å². The molecule has 2 atom stereocenters. The van der Waals surface area contributed by atoms with Gasteiger partial charge in [-0.3, -0.25) is 4.79 Å². The van der Waals surface area contributed by atoms with Gasteiger partial charge in [-0.2, -0.15) is 11.8 Å². The zero-order valence-corrected chi connectivity index (χ0v) is 14.6. The summed E-state index contributed by atoms with van der Waals surface area (Å²) in [5.74, 6) is 2.01. The fourth-order valence-corrected chi connectivity index (χ4v) is 3.95. The molecule has 2 unspecified atom stereocenters. The second-order valence-corrected chi connectivity index (χ2v) is 6.82. The molecule has 2 heterocycles. The third-order valence-electron chi connectivity index (χ3n) is 3.87. The molecular formula is C15H20Cl2N2O2S. The average Bonchev–Trinajstić information content (AvgIpc) is 2.56. The molecule has 1 amide bonds. The van der Waals surface area contributed by atoms with Gasteiger partial charge in [0, 0.05) is 36.2 Å². The van der Waals surface area contributed by atoms with Crippen LogP contribution in [-0.2, 0) is 9.53 Å². The van der Waals surface area contributed by atoms with Crippen molar-refractivity contribution in [3.05, 3.63) is 34.9 Å². The number of hydrogen-bond donors (Lipinski definition) is 1. The number of rotatable bonds is 2. The first-order valence-electron chi connectivity index (χ1n) is 7.22. The Hall–Kier alpha value is -0.460. The molecule has 1 aromatic carbocycles. The van der Waals surface area contributed by atoms with Crippen LogP contribution in [-0.4, -0.2) is 54.7 Å². The van der Waals surface area contributed by atoms with E-state index < -0.39 is 0 Å². The predicted octanol–water partition coefficient (Wildman–Crippen LogP) is 2.37. The summed E-state index contributed by atoms with van der Waals surface area (Å²) >= 11 is 7.84. The minimum Gasteiger partial charge on any atom is -0.366 e. The Bertz CT molecular complexity index is 495. The van der Waals surface area contributed by atoms with Gasteiger partial charge in [0.15, 0.2) is 0 Å². The van der Waals surface area contributed by atoms with Gasteiger partial charge in [-0.1, -0.05) is 23.7 Å². The normalized spacial score (nSPS) is 25.4. The summed E-state index contributed by atoms with van der Waals surface area (Å²) in [5, 5.41) is 3.94. The Labute approximate surface area is 146 Å². The first kappa shape index (κ1) is 17.9. The fraction of sp³-hybridized carbons (Fsp3) is 0.533. The quantitative estimate of drug-likeness (QED) is 0.876. The van der Waals surface area contributed by atoms with Crippen LogP contribution in [0.4, 0.5) is 0 Å². The van der Waals surface area contributed by atoms with E-state index in [0.29, 0.717) is 13.2 Å². The zero-order chi connectivity index (χ0) is 14.7. The number of benzene rings is 1. The van der Waals surface area contributed by atoms with Crippen LogP contribution in [0.1, 0.15) is 11.6 Å².